The SMILES string of the molecule is O=S(=O)(c1ccc(Cl)cc1)c1nc(-c2ccc(Cl)cc2)oc1NCc1ccc(Cl)cc1. The van der Waals surface area contributed by atoms with E-state index in [2.05, 4.69) is 10.3 Å². The van der Waals surface area contributed by atoms with Crippen molar-refractivity contribution in [1.82, 2.24) is 4.98 Å². The largest absolute Gasteiger partial charge is 0.419 e. The van der Waals surface area contributed by atoms with Crippen LogP contribution in [-0.4, -0.2) is 13.4 Å². The Morgan fingerprint density at radius 1 is 0.774 bits per heavy atom. The first-order valence-electron chi connectivity index (χ1n) is 9.09. The van der Waals surface area contributed by atoms with E-state index < -0.39 is 9.84 Å². The molecule has 4 aromatic rings. The minimum Gasteiger partial charge on any atom is -0.419 e. The van der Waals surface area contributed by atoms with Gasteiger partial charge in [-0.2, -0.15) is 4.98 Å². The van der Waals surface area contributed by atoms with E-state index in [1.54, 1.807) is 36.4 Å². The fourth-order valence-electron chi connectivity index (χ4n) is 2.83. The topological polar surface area (TPSA) is 72.2 Å². The summed E-state index contributed by atoms with van der Waals surface area (Å²) in [5.74, 6) is 0.192. The summed E-state index contributed by atoms with van der Waals surface area (Å²) in [6.45, 7) is 0.315. The summed E-state index contributed by atoms with van der Waals surface area (Å²) >= 11 is 17.8. The highest BCUT2D eigenvalue weighted by atomic mass is 35.5. The summed E-state index contributed by atoms with van der Waals surface area (Å²) in [4.78, 5) is 4.35. The van der Waals surface area contributed by atoms with Crippen molar-refractivity contribution in [3.63, 3.8) is 0 Å². The zero-order valence-electron chi connectivity index (χ0n) is 15.8. The molecule has 0 aliphatic rings. The van der Waals surface area contributed by atoms with Gasteiger partial charge in [-0.1, -0.05) is 46.9 Å². The van der Waals surface area contributed by atoms with Crippen LogP contribution in [0.3, 0.4) is 0 Å². The lowest BCUT2D eigenvalue weighted by Gasteiger charge is -2.06. The van der Waals surface area contributed by atoms with Crippen LogP contribution < -0.4 is 5.32 Å². The third kappa shape index (κ3) is 4.88. The van der Waals surface area contributed by atoms with Crippen molar-refractivity contribution < 1.29 is 12.8 Å². The first-order chi connectivity index (χ1) is 14.8. The smallest absolute Gasteiger partial charge is 0.234 e. The fourth-order valence-corrected chi connectivity index (χ4v) is 4.48. The van der Waals surface area contributed by atoms with E-state index in [0.29, 0.717) is 27.2 Å². The Morgan fingerprint density at radius 2 is 1.29 bits per heavy atom. The van der Waals surface area contributed by atoms with Crippen molar-refractivity contribution in [2.24, 2.45) is 0 Å². The summed E-state index contributed by atoms with van der Waals surface area (Å²) in [5.41, 5.74) is 1.49. The second-order valence-corrected chi connectivity index (χ2v) is 9.77. The highest BCUT2D eigenvalue weighted by molar-refractivity contribution is 7.91. The van der Waals surface area contributed by atoms with E-state index in [1.165, 1.54) is 24.3 Å². The molecule has 0 radical (unpaired) electrons. The molecule has 0 aliphatic heterocycles. The van der Waals surface area contributed by atoms with Gasteiger partial charge in [-0.15, -0.1) is 0 Å². The third-order valence-electron chi connectivity index (χ3n) is 4.43. The van der Waals surface area contributed by atoms with Crippen LogP contribution in [-0.2, 0) is 16.4 Å². The number of benzene rings is 3. The zero-order chi connectivity index (χ0) is 22.0. The van der Waals surface area contributed by atoms with Crippen LogP contribution in [0.2, 0.25) is 15.1 Å². The number of nitrogens with one attached hydrogen (secondary N) is 1. The van der Waals surface area contributed by atoms with Crippen molar-refractivity contribution in [3.05, 3.63) is 93.4 Å². The molecule has 0 saturated carbocycles. The molecule has 1 aromatic heterocycles. The summed E-state index contributed by atoms with van der Waals surface area (Å²) in [6, 6.07) is 19.8. The maximum Gasteiger partial charge on any atom is 0.234 e. The van der Waals surface area contributed by atoms with E-state index in [-0.39, 0.29) is 21.7 Å². The second kappa shape index (κ2) is 8.93. The highest BCUT2D eigenvalue weighted by Crippen LogP contribution is 2.33. The summed E-state index contributed by atoms with van der Waals surface area (Å²) in [6.07, 6.45) is 0. The Labute approximate surface area is 194 Å². The lowest BCUT2D eigenvalue weighted by Crippen LogP contribution is -2.07. The lowest BCUT2D eigenvalue weighted by molar-refractivity contribution is 0.576. The molecule has 31 heavy (non-hydrogen) atoms. The lowest BCUT2D eigenvalue weighted by atomic mass is 10.2. The maximum atomic E-state index is 13.3. The molecular weight excluding hydrogens is 479 g/mol. The molecule has 0 bridgehead atoms. The van der Waals surface area contributed by atoms with Crippen LogP contribution in [0, 0.1) is 0 Å². The molecule has 3 aromatic carbocycles. The van der Waals surface area contributed by atoms with E-state index in [0.717, 1.165) is 5.56 Å². The minimum atomic E-state index is -3.97. The molecule has 4 rings (SSSR count). The van der Waals surface area contributed by atoms with Gasteiger partial charge in [0.2, 0.25) is 26.6 Å². The number of sulfone groups is 1. The number of hydrogen-bond donors (Lipinski definition) is 1. The number of halogens is 3. The van der Waals surface area contributed by atoms with Gasteiger partial charge in [0.15, 0.2) is 0 Å². The van der Waals surface area contributed by atoms with E-state index in [4.69, 9.17) is 39.2 Å². The summed E-state index contributed by atoms with van der Waals surface area (Å²) < 4.78 is 32.4. The average Bonchev–Trinajstić information content (AvgIpc) is 3.19. The quantitative estimate of drug-likeness (QED) is 0.322. The highest BCUT2D eigenvalue weighted by Gasteiger charge is 2.28. The maximum absolute atomic E-state index is 13.3. The van der Waals surface area contributed by atoms with E-state index >= 15 is 0 Å². The van der Waals surface area contributed by atoms with Crippen molar-refractivity contribution in [2.45, 2.75) is 16.5 Å². The Hall–Kier alpha value is -2.51. The second-order valence-electron chi connectivity index (χ2n) is 6.60. The van der Waals surface area contributed by atoms with E-state index in [9.17, 15) is 8.42 Å². The van der Waals surface area contributed by atoms with Gasteiger partial charge in [-0.05, 0) is 66.2 Å². The summed E-state index contributed by atoms with van der Waals surface area (Å²) in [5, 5.41) is 4.41. The van der Waals surface area contributed by atoms with Crippen LogP contribution in [0.25, 0.3) is 11.5 Å². The average molecular weight is 494 g/mol. The first kappa shape index (κ1) is 21.7. The molecule has 0 saturated heterocycles. The van der Waals surface area contributed by atoms with Crippen LogP contribution in [0.5, 0.6) is 0 Å². The van der Waals surface area contributed by atoms with Crippen molar-refractivity contribution >= 4 is 50.5 Å². The van der Waals surface area contributed by atoms with Gasteiger partial charge in [-0.25, -0.2) is 8.42 Å². The Bertz CT molecular complexity index is 1300. The number of oxazole rings is 1. The fraction of sp³-hybridized carbons (Fsp3) is 0.0455. The standard InChI is InChI=1S/C22H15Cl3N2O3S/c23-16-5-1-14(2-6-16)13-26-21-22(31(28,29)19-11-9-18(25)10-12-19)27-20(30-21)15-3-7-17(24)8-4-15/h1-12,26H,13H2. The molecule has 0 unspecified atom stereocenters. The molecule has 158 valence electrons. The Balaban J connectivity index is 1.74. The Kier molecular flexibility index (Phi) is 6.25. The molecule has 1 N–H and O–H groups in total. The molecule has 5 nitrogen and oxygen atoms in total. The molecule has 0 spiro atoms. The number of anilines is 1. The van der Waals surface area contributed by atoms with Gasteiger partial charge in [0.25, 0.3) is 0 Å². The molecule has 0 fully saturated rings. The molecule has 0 aliphatic carbocycles. The number of rotatable bonds is 6. The molecular formula is C22H15Cl3N2O3S. The summed E-state index contributed by atoms with van der Waals surface area (Å²) in [7, 11) is -3.97. The number of hydrogen-bond acceptors (Lipinski definition) is 5. The first-order valence-corrected chi connectivity index (χ1v) is 11.7. The van der Waals surface area contributed by atoms with E-state index in [1.807, 2.05) is 12.1 Å². The molecule has 0 amide bonds. The molecule has 1 heterocycles. The van der Waals surface area contributed by atoms with Crippen LogP contribution in [0.4, 0.5) is 5.88 Å². The number of aromatic nitrogens is 1. The Morgan fingerprint density at radius 3 is 1.87 bits per heavy atom. The van der Waals surface area contributed by atoms with Gasteiger partial charge in [0.05, 0.1) is 4.90 Å². The predicted octanol–water partition coefficient (Wildman–Crippen LogP) is 6.75. The normalized spacial score (nSPS) is 11.5. The zero-order valence-corrected chi connectivity index (χ0v) is 18.9. The number of nitrogens with zero attached hydrogens (tertiary/aromatic N) is 1. The minimum absolute atomic E-state index is 0.0369. The van der Waals surface area contributed by atoms with Crippen molar-refractivity contribution in [2.75, 3.05) is 5.32 Å². The van der Waals surface area contributed by atoms with Crippen LogP contribution >= 0.6 is 34.8 Å². The van der Waals surface area contributed by atoms with Gasteiger partial charge >= 0.3 is 0 Å². The van der Waals surface area contributed by atoms with Gasteiger partial charge in [0, 0.05) is 27.2 Å². The van der Waals surface area contributed by atoms with Gasteiger partial charge in [0.1, 0.15) is 0 Å². The monoisotopic (exact) mass is 492 g/mol. The third-order valence-corrected chi connectivity index (χ3v) is 6.87. The van der Waals surface area contributed by atoms with Crippen molar-refractivity contribution in [1.29, 1.82) is 0 Å². The van der Waals surface area contributed by atoms with Gasteiger partial charge < -0.3 is 9.73 Å². The van der Waals surface area contributed by atoms with Crippen LogP contribution in [0.15, 0.2) is 87.1 Å². The van der Waals surface area contributed by atoms with Crippen molar-refractivity contribution in [3.8, 4) is 11.5 Å². The molecule has 9 heteroatoms. The predicted molar refractivity (Wildman–Crippen MR) is 123 cm³/mol. The van der Waals surface area contributed by atoms with Gasteiger partial charge in [-0.3, -0.25) is 0 Å². The molecule has 0 atom stereocenters. The van der Waals surface area contributed by atoms with Crippen LogP contribution in [0.1, 0.15) is 5.56 Å².